The molecule has 0 aliphatic carbocycles. The Hall–Kier alpha value is -7.29. The molecule has 2 aromatic heterocycles. The maximum atomic E-state index is 14.4. The highest BCUT2D eigenvalue weighted by molar-refractivity contribution is 7.10. The van der Waals surface area contributed by atoms with E-state index in [1.165, 1.54) is 11.0 Å². The number of rotatable bonds is 12. The van der Waals surface area contributed by atoms with Gasteiger partial charge in [-0.1, -0.05) is 56.3 Å². The van der Waals surface area contributed by atoms with Crippen LogP contribution in [-0.2, 0) is 49.6 Å². The maximum Gasteiger partial charge on any atom is 0.305 e. The summed E-state index contributed by atoms with van der Waals surface area (Å²) in [5, 5.41) is 37.1. The number of carbonyl (C=O) groups is 9. The van der Waals surface area contributed by atoms with Gasteiger partial charge in [0.05, 0.1) is 19.3 Å². The zero-order chi connectivity index (χ0) is 47.5. The van der Waals surface area contributed by atoms with E-state index in [9.17, 15) is 53.4 Å². The van der Waals surface area contributed by atoms with Crippen LogP contribution in [0.5, 0.6) is 0 Å². The summed E-state index contributed by atoms with van der Waals surface area (Å²) in [6.45, 7) is 4.90. The molecule has 0 spiro atoms. The Morgan fingerprint density at radius 3 is 1.74 bits per heavy atom. The summed E-state index contributed by atoms with van der Waals surface area (Å²) >= 11 is 1.08. The Bertz CT molecular complexity index is 2420. The van der Waals surface area contributed by atoms with Gasteiger partial charge >= 0.3 is 11.9 Å². The second-order valence-electron chi connectivity index (χ2n) is 16.6. The summed E-state index contributed by atoms with van der Waals surface area (Å²) in [7, 11) is 0. The summed E-state index contributed by atoms with van der Waals surface area (Å²) in [6.07, 6.45) is -1.20. The maximum absolute atomic E-state index is 14.4. The number of carbonyl (C=O) groups excluding carboxylic acids is 7. The smallest absolute Gasteiger partial charge is 0.305 e. The van der Waals surface area contributed by atoms with Gasteiger partial charge in [-0.05, 0) is 47.5 Å². The second-order valence-corrected chi connectivity index (χ2v) is 17.5. The molecule has 0 saturated carbocycles. The number of amides is 7. The van der Waals surface area contributed by atoms with Crippen LogP contribution in [0.3, 0.4) is 0 Å². The van der Waals surface area contributed by atoms with Crippen LogP contribution in [0.1, 0.15) is 56.0 Å². The number of hydrogen-bond acceptors (Lipinski definition) is 11. The van der Waals surface area contributed by atoms with Crippen LogP contribution >= 0.6 is 11.3 Å². The number of nitrogens with one attached hydrogen (secondary N) is 7. The molecule has 4 heterocycles. The molecule has 0 radical (unpaired) electrons. The minimum Gasteiger partial charge on any atom is -0.481 e. The Labute approximate surface area is 383 Å². The summed E-state index contributed by atoms with van der Waals surface area (Å²) in [4.78, 5) is 130. The molecule has 2 saturated heterocycles. The number of carboxylic acids is 2. The van der Waals surface area contributed by atoms with Crippen LogP contribution in [0.15, 0.2) is 78.3 Å². The first kappa shape index (κ1) is 48.2. The van der Waals surface area contributed by atoms with Crippen molar-refractivity contribution in [2.45, 2.75) is 82.2 Å². The number of benzene rings is 2. The molecule has 21 heteroatoms. The fourth-order valence-electron chi connectivity index (χ4n) is 7.87. The van der Waals surface area contributed by atoms with Crippen molar-refractivity contribution in [3.63, 3.8) is 0 Å². The molecule has 2 aromatic carbocycles. The second kappa shape index (κ2) is 22.1. The number of aromatic nitrogens is 1. The van der Waals surface area contributed by atoms with Gasteiger partial charge in [0.25, 0.3) is 0 Å². The lowest BCUT2D eigenvalue weighted by Gasteiger charge is -2.36. The Balaban J connectivity index is 1.36. The van der Waals surface area contributed by atoms with Crippen molar-refractivity contribution in [1.82, 2.24) is 41.8 Å². The predicted molar refractivity (Wildman–Crippen MR) is 241 cm³/mol. The topological polar surface area (TPSA) is 289 Å². The van der Waals surface area contributed by atoms with Crippen molar-refractivity contribution in [2.24, 2.45) is 5.92 Å². The zero-order valence-electron chi connectivity index (χ0n) is 36.3. The average Bonchev–Trinajstić information content (AvgIpc) is 3.97. The van der Waals surface area contributed by atoms with E-state index in [-0.39, 0.29) is 31.8 Å². The standard InChI is InChI=1S/C45H53N9O11S/c1-25(2)19-30-40(60)47-31(20-26-24-46-29-12-7-6-11-28(26)29)41(61)49-33(22-37(56)57)43(63)48-32(21-36(55)54-16-14-53(15-17-54)27-9-4-3-5-10-27)42(62)50-34(23-38(58)59)44(64)52-39(45(65)51-30)35-13-8-18-66-35/h3-13,18,24-25,30-34,39,46H,14-17,19-23H2,1-2H3,(H,47,60)(H,48,63)(H,49,61)(H,50,62)(H,51,65)(H,52,64)(H,56,57)(H,58,59). The number of carboxylic acid groups (broad SMARTS) is 2. The van der Waals surface area contributed by atoms with Gasteiger partial charge in [-0.3, -0.25) is 43.2 Å². The van der Waals surface area contributed by atoms with Crippen LogP contribution in [0, 0.1) is 5.92 Å². The van der Waals surface area contributed by atoms with Gasteiger partial charge in [0.1, 0.15) is 36.3 Å². The number of nitrogens with zero attached hydrogens (tertiary/aromatic N) is 2. The zero-order valence-corrected chi connectivity index (χ0v) is 37.1. The number of anilines is 1. The van der Waals surface area contributed by atoms with Gasteiger partial charge in [0.15, 0.2) is 0 Å². The summed E-state index contributed by atoms with van der Waals surface area (Å²) in [5.74, 6) is -10.0. The molecule has 7 amide bonds. The normalized spacial score (nSPS) is 22.8. The van der Waals surface area contributed by atoms with E-state index in [4.69, 9.17) is 0 Å². The van der Waals surface area contributed by atoms with E-state index >= 15 is 0 Å². The van der Waals surface area contributed by atoms with Crippen molar-refractivity contribution < 1.29 is 53.4 Å². The lowest BCUT2D eigenvalue weighted by Crippen LogP contribution is -2.61. The molecule has 350 valence electrons. The van der Waals surface area contributed by atoms with Crippen LogP contribution in [-0.4, -0.2) is 130 Å². The van der Waals surface area contributed by atoms with Crippen molar-refractivity contribution in [1.29, 1.82) is 0 Å². The molecule has 6 atom stereocenters. The minimum absolute atomic E-state index is 0.0503. The van der Waals surface area contributed by atoms with Gasteiger partial charge in [0.2, 0.25) is 41.4 Å². The third-order valence-corrected chi connectivity index (χ3v) is 12.2. The van der Waals surface area contributed by atoms with Crippen LogP contribution in [0.25, 0.3) is 10.9 Å². The molecular weight excluding hydrogens is 875 g/mol. The van der Waals surface area contributed by atoms with Crippen LogP contribution in [0.4, 0.5) is 5.69 Å². The monoisotopic (exact) mass is 927 g/mol. The molecule has 2 aliphatic heterocycles. The van der Waals surface area contributed by atoms with Crippen molar-refractivity contribution in [2.75, 3.05) is 31.1 Å². The minimum atomic E-state index is -1.88. The van der Waals surface area contributed by atoms with E-state index in [1.54, 1.807) is 55.8 Å². The lowest BCUT2D eigenvalue weighted by molar-refractivity contribution is -0.143. The highest BCUT2D eigenvalue weighted by Crippen LogP contribution is 2.23. The molecule has 20 nitrogen and oxygen atoms in total. The Morgan fingerprint density at radius 1 is 0.621 bits per heavy atom. The van der Waals surface area contributed by atoms with Crippen molar-refractivity contribution >= 4 is 81.2 Å². The molecule has 2 fully saturated rings. The number of aromatic amines is 1. The van der Waals surface area contributed by atoms with Crippen LogP contribution < -0.4 is 36.8 Å². The van der Waals surface area contributed by atoms with E-state index in [1.807, 2.05) is 30.3 Å². The first-order chi connectivity index (χ1) is 31.6. The van der Waals surface area contributed by atoms with Crippen molar-refractivity contribution in [3.05, 3.63) is 88.7 Å². The van der Waals surface area contributed by atoms with Gasteiger partial charge < -0.3 is 56.9 Å². The van der Waals surface area contributed by atoms with Crippen LogP contribution in [0.2, 0.25) is 0 Å². The van der Waals surface area contributed by atoms with E-state index in [0.29, 0.717) is 28.9 Å². The van der Waals surface area contributed by atoms with E-state index in [2.05, 4.69) is 41.8 Å². The number of piperazine rings is 1. The quantitative estimate of drug-likeness (QED) is 0.0955. The third kappa shape index (κ3) is 12.7. The van der Waals surface area contributed by atoms with E-state index < -0.39 is 109 Å². The summed E-state index contributed by atoms with van der Waals surface area (Å²) < 4.78 is 0. The average molecular weight is 928 g/mol. The van der Waals surface area contributed by atoms with Gasteiger partial charge in [-0.2, -0.15) is 0 Å². The highest BCUT2D eigenvalue weighted by atomic mass is 32.1. The van der Waals surface area contributed by atoms with E-state index in [0.717, 1.165) is 22.5 Å². The van der Waals surface area contributed by atoms with Gasteiger partial charge in [-0.25, -0.2) is 0 Å². The summed E-state index contributed by atoms with van der Waals surface area (Å²) in [5.41, 5.74) is 2.23. The number of hydrogen-bond donors (Lipinski definition) is 9. The molecule has 66 heavy (non-hydrogen) atoms. The molecule has 0 bridgehead atoms. The number of thiophene rings is 1. The predicted octanol–water partition coefficient (Wildman–Crippen LogP) is 0.801. The van der Waals surface area contributed by atoms with Crippen molar-refractivity contribution in [3.8, 4) is 0 Å². The highest BCUT2D eigenvalue weighted by Gasteiger charge is 2.38. The number of H-pyrrole nitrogens is 1. The largest absolute Gasteiger partial charge is 0.481 e. The molecule has 2 aliphatic rings. The van der Waals surface area contributed by atoms with Gasteiger partial charge in [0, 0.05) is 60.3 Å². The Kier molecular flexibility index (Phi) is 16.1. The third-order valence-electron chi connectivity index (χ3n) is 11.2. The van der Waals surface area contributed by atoms with Gasteiger partial charge in [-0.15, -0.1) is 11.3 Å². The fourth-order valence-corrected chi connectivity index (χ4v) is 8.65. The molecule has 6 rings (SSSR count). The summed E-state index contributed by atoms with van der Waals surface area (Å²) in [6, 6.07) is 9.94. The first-order valence-electron chi connectivity index (χ1n) is 21.5. The fraction of sp³-hybridized carbons (Fsp3) is 0.400. The molecular formula is C45H53N9O11S. The molecule has 9 N–H and O–H groups in total. The molecule has 6 unspecified atom stereocenters. The lowest BCUT2D eigenvalue weighted by atomic mass is 10.00. The first-order valence-corrected chi connectivity index (χ1v) is 22.4. The molecule has 4 aromatic rings. The SMILES string of the molecule is CC(C)CC1NC(=O)C(c2cccs2)NC(=O)C(CC(=O)O)NC(=O)C(CC(=O)N2CCN(c3ccccc3)CC2)NC(=O)C(CC(=O)O)NC(=O)C(Cc2c[nH]c3ccccc23)NC1=O. The number of fused-ring (bicyclic) bond motifs is 1. The number of para-hydroxylation sites is 2. The number of aliphatic carboxylic acids is 2. The Morgan fingerprint density at radius 2 is 1.15 bits per heavy atom.